The SMILES string of the molecule is C=CC(O)c1cccc(Cl)c1Cl. The van der Waals surface area contributed by atoms with Crippen molar-refractivity contribution < 1.29 is 5.11 Å². The Morgan fingerprint density at radius 2 is 2.08 bits per heavy atom. The molecule has 1 N–H and O–H groups in total. The third-order valence-corrected chi connectivity index (χ3v) is 2.36. The van der Waals surface area contributed by atoms with Crippen LogP contribution in [0.2, 0.25) is 10.0 Å². The molecule has 0 amide bonds. The van der Waals surface area contributed by atoms with Gasteiger partial charge in [-0.15, -0.1) is 6.58 Å². The zero-order valence-corrected chi connectivity index (χ0v) is 7.81. The second-order valence-electron chi connectivity index (χ2n) is 2.32. The normalized spacial score (nSPS) is 12.6. The van der Waals surface area contributed by atoms with Crippen molar-refractivity contribution in [3.8, 4) is 0 Å². The van der Waals surface area contributed by atoms with Gasteiger partial charge in [-0.3, -0.25) is 0 Å². The van der Waals surface area contributed by atoms with E-state index in [-0.39, 0.29) is 0 Å². The predicted molar refractivity (Wildman–Crippen MR) is 51.6 cm³/mol. The van der Waals surface area contributed by atoms with Gasteiger partial charge in [0.15, 0.2) is 0 Å². The summed E-state index contributed by atoms with van der Waals surface area (Å²) in [6.07, 6.45) is 0.647. The lowest BCUT2D eigenvalue weighted by atomic mass is 10.1. The first kappa shape index (κ1) is 9.59. The van der Waals surface area contributed by atoms with Crippen LogP contribution >= 0.6 is 23.2 Å². The number of rotatable bonds is 2. The van der Waals surface area contributed by atoms with Gasteiger partial charge in [-0.2, -0.15) is 0 Å². The summed E-state index contributed by atoms with van der Waals surface area (Å²) in [6, 6.07) is 5.11. The summed E-state index contributed by atoms with van der Waals surface area (Å²) >= 11 is 11.6. The quantitative estimate of drug-likeness (QED) is 0.731. The van der Waals surface area contributed by atoms with Crippen molar-refractivity contribution in [2.45, 2.75) is 6.10 Å². The third kappa shape index (κ3) is 1.81. The van der Waals surface area contributed by atoms with E-state index in [0.717, 1.165) is 0 Å². The lowest BCUT2D eigenvalue weighted by Crippen LogP contribution is -1.93. The number of aliphatic hydroxyl groups excluding tert-OH is 1. The first-order chi connectivity index (χ1) is 5.66. The molecule has 0 saturated heterocycles. The summed E-state index contributed by atoms with van der Waals surface area (Å²) in [4.78, 5) is 0. The number of aliphatic hydroxyl groups is 1. The Kier molecular flexibility index (Phi) is 3.15. The predicted octanol–water partition coefficient (Wildman–Crippen LogP) is 3.21. The molecule has 3 heteroatoms. The molecular formula is C9H8Cl2O. The van der Waals surface area contributed by atoms with Crippen LogP contribution in [0.3, 0.4) is 0 Å². The molecule has 0 bridgehead atoms. The van der Waals surface area contributed by atoms with Gasteiger partial charge < -0.3 is 5.11 Å². The minimum atomic E-state index is -0.754. The molecule has 0 aliphatic carbocycles. The van der Waals surface area contributed by atoms with Crippen molar-refractivity contribution in [2.75, 3.05) is 0 Å². The van der Waals surface area contributed by atoms with Crippen LogP contribution in [-0.4, -0.2) is 5.11 Å². The van der Waals surface area contributed by atoms with Crippen molar-refractivity contribution in [3.63, 3.8) is 0 Å². The Morgan fingerprint density at radius 1 is 1.42 bits per heavy atom. The maximum Gasteiger partial charge on any atom is 0.0984 e. The van der Waals surface area contributed by atoms with E-state index in [1.165, 1.54) is 6.08 Å². The summed E-state index contributed by atoms with van der Waals surface area (Å²) in [5, 5.41) is 10.2. The van der Waals surface area contributed by atoms with E-state index in [9.17, 15) is 5.11 Å². The van der Waals surface area contributed by atoms with Crippen LogP contribution in [-0.2, 0) is 0 Å². The van der Waals surface area contributed by atoms with Crippen LogP contribution in [0.25, 0.3) is 0 Å². The Balaban J connectivity index is 3.15. The molecule has 0 aliphatic rings. The van der Waals surface area contributed by atoms with Gasteiger partial charge in [0.1, 0.15) is 0 Å². The lowest BCUT2D eigenvalue weighted by Gasteiger charge is -2.08. The van der Waals surface area contributed by atoms with E-state index in [4.69, 9.17) is 23.2 Å². The highest BCUT2D eigenvalue weighted by atomic mass is 35.5. The topological polar surface area (TPSA) is 20.2 Å². The zero-order chi connectivity index (χ0) is 9.14. The highest BCUT2D eigenvalue weighted by Gasteiger charge is 2.09. The van der Waals surface area contributed by atoms with Crippen molar-refractivity contribution in [2.24, 2.45) is 0 Å². The number of hydrogen-bond donors (Lipinski definition) is 1. The summed E-state index contributed by atoms with van der Waals surface area (Å²) in [5.74, 6) is 0. The molecule has 1 aromatic rings. The maximum absolute atomic E-state index is 9.37. The largest absolute Gasteiger partial charge is 0.384 e. The molecule has 12 heavy (non-hydrogen) atoms. The highest BCUT2D eigenvalue weighted by molar-refractivity contribution is 6.42. The molecule has 0 spiro atoms. The fraction of sp³-hybridized carbons (Fsp3) is 0.111. The fourth-order valence-electron chi connectivity index (χ4n) is 0.876. The summed E-state index contributed by atoms with van der Waals surface area (Å²) in [7, 11) is 0. The van der Waals surface area contributed by atoms with Crippen LogP contribution in [0.5, 0.6) is 0 Å². The van der Waals surface area contributed by atoms with Crippen LogP contribution < -0.4 is 0 Å². The Hall–Kier alpha value is -0.500. The van der Waals surface area contributed by atoms with E-state index in [0.29, 0.717) is 15.6 Å². The Morgan fingerprint density at radius 3 is 2.67 bits per heavy atom. The molecule has 0 radical (unpaired) electrons. The van der Waals surface area contributed by atoms with Crippen molar-refractivity contribution in [3.05, 3.63) is 46.5 Å². The number of benzene rings is 1. The molecule has 0 fully saturated rings. The monoisotopic (exact) mass is 202 g/mol. The smallest absolute Gasteiger partial charge is 0.0984 e. The van der Waals surface area contributed by atoms with Gasteiger partial charge in [0, 0.05) is 5.56 Å². The van der Waals surface area contributed by atoms with Gasteiger partial charge in [-0.25, -0.2) is 0 Å². The van der Waals surface area contributed by atoms with Gasteiger partial charge in [-0.05, 0) is 6.07 Å². The van der Waals surface area contributed by atoms with E-state index >= 15 is 0 Å². The second-order valence-corrected chi connectivity index (χ2v) is 3.11. The standard InChI is InChI=1S/C9H8Cl2O/c1-2-8(12)6-4-3-5-7(10)9(6)11/h2-5,8,12H,1H2. The molecule has 1 atom stereocenters. The van der Waals surface area contributed by atoms with Crippen molar-refractivity contribution in [1.29, 1.82) is 0 Å². The van der Waals surface area contributed by atoms with E-state index in [1.54, 1.807) is 18.2 Å². The molecule has 0 heterocycles. The van der Waals surface area contributed by atoms with Crippen molar-refractivity contribution in [1.82, 2.24) is 0 Å². The zero-order valence-electron chi connectivity index (χ0n) is 6.30. The summed E-state index contributed by atoms with van der Waals surface area (Å²) in [6.45, 7) is 3.46. The molecule has 0 aromatic heterocycles. The van der Waals surface area contributed by atoms with Crippen LogP contribution in [0.4, 0.5) is 0 Å². The van der Waals surface area contributed by atoms with Crippen molar-refractivity contribution >= 4 is 23.2 Å². The molecular weight excluding hydrogens is 195 g/mol. The van der Waals surface area contributed by atoms with Gasteiger partial charge in [0.05, 0.1) is 16.1 Å². The van der Waals surface area contributed by atoms with Crippen LogP contribution in [0.15, 0.2) is 30.9 Å². The fourth-order valence-corrected chi connectivity index (χ4v) is 1.30. The van der Waals surface area contributed by atoms with Gasteiger partial charge in [-0.1, -0.05) is 41.4 Å². The Bertz CT molecular complexity index is 297. The first-order valence-corrected chi connectivity index (χ1v) is 4.17. The van der Waals surface area contributed by atoms with E-state index < -0.39 is 6.10 Å². The maximum atomic E-state index is 9.37. The minimum Gasteiger partial charge on any atom is -0.384 e. The van der Waals surface area contributed by atoms with E-state index in [2.05, 4.69) is 6.58 Å². The average Bonchev–Trinajstić information content (AvgIpc) is 2.08. The molecule has 1 nitrogen and oxygen atoms in total. The van der Waals surface area contributed by atoms with E-state index in [1.807, 2.05) is 0 Å². The van der Waals surface area contributed by atoms with Crippen LogP contribution in [0.1, 0.15) is 11.7 Å². The minimum absolute atomic E-state index is 0.381. The number of hydrogen-bond acceptors (Lipinski definition) is 1. The van der Waals surface area contributed by atoms with Gasteiger partial charge in [0.25, 0.3) is 0 Å². The molecule has 0 aliphatic heterocycles. The second kappa shape index (κ2) is 3.94. The number of halogens is 2. The third-order valence-electron chi connectivity index (χ3n) is 1.52. The van der Waals surface area contributed by atoms with Crippen LogP contribution in [0, 0.1) is 0 Å². The van der Waals surface area contributed by atoms with Gasteiger partial charge in [0.2, 0.25) is 0 Å². The molecule has 1 unspecified atom stereocenters. The average molecular weight is 203 g/mol. The summed E-state index contributed by atoms with van der Waals surface area (Å²) < 4.78 is 0. The summed E-state index contributed by atoms with van der Waals surface area (Å²) in [5.41, 5.74) is 0.583. The highest BCUT2D eigenvalue weighted by Crippen LogP contribution is 2.29. The molecule has 64 valence electrons. The Labute approximate surface area is 81.2 Å². The molecule has 1 aromatic carbocycles. The molecule has 1 rings (SSSR count). The lowest BCUT2D eigenvalue weighted by molar-refractivity contribution is 0.229. The molecule has 0 saturated carbocycles. The first-order valence-electron chi connectivity index (χ1n) is 3.41. The van der Waals surface area contributed by atoms with Gasteiger partial charge >= 0.3 is 0 Å².